The van der Waals surface area contributed by atoms with Gasteiger partial charge in [0, 0.05) is 6.54 Å². The number of fused-ring (bicyclic) bond motifs is 2. The Labute approximate surface area is 147 Å². The largest absolute Gasteiger partial charge is 0.393 e. The van der Waals surface area contributed by atoms with Crippen molar-refractivity contribution in [3.05, 3.63) is 57.9 Å². The summed E-state index contributed by atoms with van der Waals surface area (Å²) in [4.78, 5) is 33.3. The molecule has 1 aliphatic heterocycles. The van der Waals surface area contributed by atoms with Crippen LogP contribution in [0.2, 0.25) is 0 Å². The number of H-pyrrole nitrogens is 1. The molecule has 0 spiro atoms. The number of hydrogen-bond acceptors (Lipinski definition) is 6. The Hall–Kier alpha value is -3.04. The molecule has 0 radical (unpaired) electrons. The van der Waals surface area contributed by atoms with Crippen molar-refractivity contribution in [1.29, 1.82) is 0 Å². The summed E-state index contributed by atoms with van der Waals surface area (Å²) < 4.78 is 1.70. The second kappa shape index (κ2) is 6.36. The molecule has 0 fully saturated rings. The normalized spacial score (nSPS) is 15.1. The fraction of sp³-hybridized carbons (Fsp3) is 0.294. The molecule has 1 aliphatic rings. The van der Waals surface area contributed by atoms with E-state index in [4.69, 9.17) is 5.11 Å². The summed E-state index contributed by atoms with van der Waals surface area (Å²) in [5.74, 6) is -0.373. The summed E-state index contributed by atoms with van der Waals surface area (Å²) in [5.41, 5.74) is 1.23. The molecule has 2 aromatic heterocycles. The highest BCUT2D eigenvalue weighted by molar-refractivity contribution is 5.92. The average molecular weight is 355 g/mol. The number of aliphatic hydroxyl groups excluding tert-OH is 2. The first-order valence-corrected chi connectivity index (χ1v) is 8.20. The fourth-order valence-electron chi connectivity index (χ4n) is 3.06. The molecule has 9 nitrogen and oxygen atoms in total. The van der Waals surface area contributed by atoms with Gasteiger partial charge in [-0.2, -0.15) is 5.10 Å². The Balaban J connectivity index is 1.62. The minimum atomic E-state index is -1.05. The smallest absolute Gasteiger partial charge is 0.290 e. The van der Waals surface area contributed by atoms with Gasteiger partial charge in [-0.3, -0.25) is 14.3 Å². The number of aromatic amines is 1. The van der Waals surface area contributed by atoms with Gasteiger partial charge >= 0.3 is 0 Å². The van der Waals surface area contributed by atoms with Crippen LogP contribution in [0.3, 0.4) is 0 Å². The molecule has 0 saturated carbocycles. The third-order valence-corrected chi connectivity index (χ3v) is 4.43. The van der Waals surface area contributed by atoms with E-state index in [-0.39, 0.29) is 23.8 Å². The lowest BCUT2D eigenvalue weighted by atomic mass is 10.2. The highest BCUT2D eigenvalue weighted by Gasteiger charge is 2.26. The number of benzene rings is 1. The maximum absolute atomic E-state index is 12.8. The third kappa shape index (κ3) is 2.76. The number of carbonyl (C=O) groups is 1. The van der Waals surface area contributed by atoms with Gasteiger partial charge < -0.3 is 20.1 Å². The standard InChI is InChI=1S/C17H17N5O4/c23-9-14(24)13-7-10-8-21(5-6-22(10)20-13)17(26)15-18-12-4-2-1-3-11(12)16(25)19-15/h1-4,7,14,23-24H,5-6,8-9H2,(H,18,19,25). The quantitative estimate of drug-likeness (QED) is 0.598. The van der Waals surface area contributed by atoms with Crippen LogP contribution in [-0.4, -0.2) is 53.9 Å². The fourth-order valence-corrected chi connectivity index (χ4v) is 3.06. The number of amides is 1. The van der Waals surface area contributed by atoms with Crippen LogP contribution in [-0.2, 0) is 13.1 Å². The number of nitrogens with one attached hydrogen (secondary N) is 1. The van der Waals surface area contributed by atoms with Crippen LogP contribution in [0.25, 0.3) is 10.9 Å². The van der Waals surface area contributed by atoms with Crippen molar-refractivity contribution in [2.45, 2.75) is 19.2 Å². The number of carbonyl (C=O) groups excluding carboxylic acids is 1. The lowest BCUT2D eigenvalue weighted by Crippen LogP contribution is -2.39. The van der Waals surface area contributed by atoms with Crippen LogP contribution >= 0.6 is 0 Å². The SMILES string of the molecule is O=C(c1nc2ccccc2c(=O)[nH]1)N1CCn2nc(C(O)CO)cc2C1. The average Bonchev–Trinajstić information content (AvgIpc) is 3.10. The molecule has 0 saturated heterocycles. The van der Waals surface area contributed by atoms with Gasteiger partial charge in [0.2, 0.25) is 0 Å². The van der Waals surface area contributed by atoms with Crippen LogP contribution < -0.4 is 5.56 Å². The first-order chi connectivity index (χ1) is 12.6. The Bertz CT molecular complexity index is 1040. The van der Waals surface area contributed by atoms with E-state index < -0.39 is 12.7 Å². The van der Waals surface area contributed by atoms with E-state index in [1.54, 1.807) is 39.9 Å². The zero-order chi connectivity index (χ0) is 18.3. The van der Waals surface area contributed by atoms with Crippen LogP contribution in [0.1, 0.15) is 28.1 Å². The molecular formula is C17H17N5O4. The zero-order valence-electron chi connectivity index (χ0n) is 13.8. The number of aromatic nitrogens is 4. The number of rotatable bonds is 3. The van der Waals surface area contributed by atoms with E-state index in [0.29, 0.717) is 29.7 Å². The lowest BCUT2D eigenvalue weighted by molar-refractivity contribution is 0.0692. The molecule has 3 N–H and O–H groups in total. The number of aliphatic hydroxyl groups is 2. The molecule has 1 atom stereocenters. The lowest BCUT2D eigenvalue weighted by Gasteiger charge is -2.27. The van der Waals surface area contributed by atoms with Gasteiger partial charge in [0.05, 0.1) is 42.0 Å². The van der Waals surface area contributed by atoms with Gasteiger partial charge in [-0.1, -0.05) is 12.1 Å². The van der Waals surface area contributed by atoms with Gasteiger partial charge in [-0.05, 0) is 18.2 Å². The molecule has 0 aliphatic carbocycles. The molecule has 4 rings (SSSR count). The van der Waals surface area contributed by atoms with E-state index in [0.717, 1.165) is 5.69 Å². The topological polar surface area (TPSA) is 124 Å². The predicted molar refractivity (Wildman–Crippen MR) is 91.4 cm³/mol. The Morgan fingerprint density at radius 2 is 2.12 bits per heavy atom. The highest BCUT2D eigenvalue weighted by atomic mass is 16.3. The second-order valence-electron chi connectivity index (χ2n) is 6.14. The summed E-state index contributed by atoms with van der Waals surface area (Å²) >= 11 is 0. The van der Waals surface area contributed by atoms with Crippen molar-refractivity contribution in [1.82, 2.24) is 24.6 Å². The maximum Gasteiger partial charge on any atom is 0.290 e. The van der Waals surface area contributed by atoms with Crippen LogP contribution in [0, 0.1) is 0 Å². The van der Waals surface area contributed by atoms with Gasteiger partial charge in [0.15, 0.2) is 5.82 Å². The number of hydrogen-bond donors (Lipinski definition) is 3. The van der Waals surface area contributed by atoms with Crippen molar-refractivity contribution in [2.24, 2.45) is 0 Å². The first kappa shape index (κ1) is 16.4. The summed E-state index contributed by atoms with van der Waals surface area (Å²) in [6.07, 6.45) is -1.05. The Morgan fingerprint density at radius 1 is 1.31 bits per heavy atom. The van der Waals surface area contributed by atoms with Gasteiger partial charge in [-0.25, -0.2) is 4.98 Å². The van der Waals surface area contributed by atoms with E-state index in [2.05, 4.69) is 15.1 Å². The van der Waals surface area contributed by atoms with Crippen molar-refractivity contribution in [3.63, 3.8) is 0 Å². The van der Waals surface area contributed by atoms with E-state index in [1.165, 1.54) is 0 Å². The van der Waals surface area contributed by atoms with E-state index in [9.17, 15) is 14.7 Å². The molecular weight excluding hydrogens is 338 g/mol. The van der Waals surface area contributed by atoms with Crippen molar-refractivity contribution < 1.29 is 15.0 Å². The van der Waals surface area contributed by atoms with E-state index in [1.807, 2.05) is 0 Å². The molecule has 0 bridgehead atoms. The molecule has 1 unspecified atom stereocenters. The molecule has 1 aromatic carbocycles. The third-order valence-electron chi connectivity index (χ3n) is 4.43. The van der Waals surface area contributed by atoms with E-state index >= 15 is 0 Å². The van der Waals surface area contributed by atoms with Crippen LogP contribution in [0.15, 0.2) is 35.1 Å². The highest BCUT2D eigenvalue weighted by Crippen LogP contribution is 2.19. The summed E-state index contributed by atoms with van der Waals surface area (Å²) in [6.45, 7) is 0.720. The molecule has 9 heteroatoms. The Morgan fingerprint density at radius 3 is 2.92 bits per heavy atom. The molecule has 3 aromatic rings. The summed E-state index contributed by atoms with van der Waals surface area (Å²) in [7, 11) is 0. The number of para-hydroxylation sites is 1. The monoisotopic (exact) mass is 355 g/mol. The minimum Gasteiger partial charge on any atom is -0.393 e. The molecule has 134 valence electrons. The first-order valence-electron chi connectivity index (χ1n) is 8.20. The summed E-state index contributed by atoms with van der Waals surface area (Å²) in [6, 6.07) is 8.51. The molecule has 26 heavy (non-hydrogen) atoms. The minimum absolute atomic E-state index is 0.00252. The molecule has 1 amide bonds. The van der Waals surface area contributed by atoms with Crippen molar-refractivity contribution >= 4 is 16.8 Å². The van der Waals surface area contributed by atoms with Gasteiger partial charge in [0.1, 0.15) is 6.10 Å². The van der Waals surface area contributed by atoms with Crippen molar-refractivity contribution in [3.8, 4) is 0 Å². The number of nitrogens with zero attached hydrogens (tertiary/aromatic N) is 4. The Kier molecular flexibility index (Phi) is 4.02. The van der Waals surface area contributed by atoms with Crippen molar-refractivity contribution in [2.75, 3.05) is 13.2 Å². The second-order valence-corrected chi connectivity index (χ2v) is 6.14. The van der Waals surface area contributed by atoms with Gasteiger partial charge in [0.25, 0.3) is 11.5 Å². The predicted octanol–water partition coefficient (Wildman–Crippen LogP) is -0.199. The molecule has 3 heterocycles. The van der Waals surface area contributed by atoms with Gasteiger partial charge in [-0.15, -0.1) is 0 Å². The van der Waals surface area contributed by atoms with Crippen LogP contribution in [0.4, 0.5) is 0 Å². The maximum atomic E-state index is 12.8. The van der Waals surface area contributed by atoms with Crippen LogP contribution in [0.5, 0.6) is 0 Å². The zero-order valence-corrected chi connectivity index (χ0v) is 13.8. The summed E-state index contributed by atoms with van der Waals surface area (Å²) in [5, 5.41) is 23.4.